The highest BCUT2D eigenvalue weighted by atomic mass is 16.5. The zero-order chi connectivity index (χ0) is 17.8. The second kappa shape index (κ2) is 7.38. The largest absolute Gasteiger partial charge is 0.507 e. The van der Waals surface area contributed by atoms with Crippen LogP contribution in [-0.2, 0) is 0 Å². The van der Waals surface area contributed by atoms with Crippen LogP contribution >= 0.6 is 0 Å². The minimum atomic E-state index is -0.196. The molecule has 1 heterocycles. The second-order valence-corrected chi connectivity index (χ2v) is 6.18. The molecule has 2 aromatic carbocycles. The SMILES string of the molecule is COc1ccc(O)c(C(=O)C2CCN(C(=O)c3ccccc3)CC2)c1. The number of hydrogen-bond acceptors (Lipinski definition) is 4. The summed E-state index contributed by atoms with van der Waals surface area (Å²) in [5.74, 6) is 0.211. The number of hydrogen-bond donors (Lipinski definition) is 1. The maximum absolute atomic E-state index is 12.7. The van der Waals surface area contributed by atoms with Crippen molar-refractivity contribution in [3.63, 3.8) is 0 Å². The maximum Gasteiger partial charge on any atom is 0.253 e. The molecule has 1 N–H and O–H groups in total. The average Bonchev–Trinajstić information content (AvgIpc) is 2.68. The van der Waals surface area contributed by atoms with E-state index < -0.39 is 0 Å². The molecule has 0 radical (unpaired) electrons. The average molecular weight is 339 g/mol. The van der Waals surface area contributed by atoms with Crippen LogP contribution in [0.5, 0.6) is 11.5 Å². The molecule has 1 amide bonds. The highest BCUT2D eigenvalue weighted by Gasteiger charge is 2.29. The molecular weight excluding hydrogens is 318 g/mol. The number of aromatic hydroxyl groups is 1. The molecule has 130 valence electrons. The van der Waals surface area contributed by atoms with E-state index in [2.05, 4.69) is 0 Å². The number of carbonyl (C=O) groups is 2. The van der Waals surface area contributed by atoms with Crippen molar-refractivity contribution in [1.82, 2.24) is 4.90 Å². The Kier molecular flexibility index (Phi) is 5.03. The van der Waals surface area contributed by atoms with Gasteiger partial charge in [0.2, 0.25) is 0 Å². The number of nitrogens with zero attached hydrogens (tertiary/aromatic N) is 1. The predicted molar refractivity (Wildman–Crippen MR) is 94.1 cm³/mol. The second-order valence-electron chi connectivity index (χ2n) is 6.18. The number of ketones is 1. The fraction of sp³-hybridized carbons (Fsp3) is 0.300. The van der Waals surface area contributed by atoms with Crippen molar-refractivity contribution in [3.8, 4) is 11.5 Å². The Morgan fingerprint density at radius 3 is 2.40 bits per heavy atom. The molecule has 0 atom stereocenters. The highest BCUT2D eigenvalue weighted by Crippen LogP contribution is 2.29. The summed E-state index contributed by atoms with van der Waals surface area (Å²) in [4.78, 5) is 27.0. The number of ether oxygens (including phenoxy) is 1. The Morgan fingerprint density at radius 2 is 1.76 bits per heavy atom. The summed E-state index contributed by atoms with van der Waals surface area (Å²) >= 11 is 0. The number of methoxy groups -OCH3 is 1. The minimum absolute atomic E-state index is 0.00396. The molecule has 1 aliphatic heterocycles. The smallest absolute Gasteiger partial charge is 0.253 e. The van der Waals surface area contributed by atoms with E-state index in [9.17, 15) is 14.7 Å². The first-order valence-corrected chi connectivity index (χ1v) is 8.35. The van der Waals surface area contributed by atoms with Crippen LogP contribution in [0, 0.1) is 5.92 Å². The molecule has 0 bridgehead atoms. The van der Waals surface area contributed by atoms with Gasteiger partial charge in [0, 0.05) is 24.6 Å². The topological polar surface area (TPSA) is 66.8 Å². The van der Waals surface area contributed by atoms with E-state index in [0.717, 1.165) is 0 Å². The maximum atomic E-state index is 12.7. The van der Waals surface area contributed by atoms with E-state index in [1.54, 1.807) is 29.2 Å². The Labute approximate surface area is 146 Å². The van der Waals surface area contributed by atoms with E-state index >= 15 is 0 Å². The van der Waals surface area contributed by atoms with Crippen LogP contribution in [0.3, 0.4) is 0 Å². The molecule has 1 aliphatic rings. The summed E-state index contributed by atoms with van der Waals surface area (Å²) < 4.78 is 5.13. The third-order valence-corrected chi connectivity index (χ3v) is 4.64. The van der Waals surface area contributed by atoms with Gasteiger partial charge in [-0.2, -0.15) is 0 Å². The van der Waals surface area contributed by atoms with E-state index in [1.165, 1.54) is 13.2 Å². The van der Waals surface area contributed by atoms with Crippen molar-refractivity contribution in [2.24, 2.45) is 5.92 Å². The normalized spacial score (nSPS) is 15.0. The summed E-state index contributed by atoms with van der Waals surface area (Å²) in [6, 6.07) is 13.8. The molecule has 0 aromatic heterocycles. The quantitative estimate of drug-likeness (QED) is 0.869. The van der Waals surface area contributed by atoms with Crippen molar-refractivity contribution in [2.45, 2.75) is 12.8 Å². The zero-order valence-corrected chi connectivity index (χ0v) is 14.1. The van der Waals surface area contributed by atoms with Gasteiger partial charge >= 0.3 is 0 Å². The van der Waals surface area contributed by atoms with Gasteiger partial charge in [-0.3, -0.25) is 9.59 Å². The lowest BCUT2D eigenvalue weighted by molar-refractivity contribution is 0.0649. The summed E-state index contributed by atoms with van der Waals surface area (Å²) in [5, 5.41) is 9.98. The number of Topliss-reactive ketones (excluding diaryl/α,β-unsaturated/α-hetero) is 1. The summed E-state index contributed by atoms with van der Waals surface area (Å²) in [7, 11) is 1.52. The third kappa shape index (κ3) is 3.65. The van der Waals surface area contributed by atoms with Gasteiger partial charge < -0.3 is 14.7 Å². The molecule has 0 unspecified atom stereocenters. The molecule has 0 aliphatic carbocycles. The van der Waals surface area contributed by atoms with Gasteiger partial charge in [0.25, 0.3) is 5.91 Å². The zero-order valence-electron chi connectivity index (χ0n) is 14.1. The van der Waals surface area contributed by atoms with Gasteiger partial charge in [-0.25, -0.2) is 0 Å². The standard InChI is InChI=1S/C20H21NO4/c1-25-16-7-8-18(22)17(13-16)19(23)14-9-11-21(12-10-14)20(24)15-5-3-2-4-6-15/h2-8,13-14,22H,9-12H2,1H3. The fourth-order valence-electron chi connectivity index (χ4n) is 3.17. The molecule has 1 fully saturated rings. The van der Waals surface area contributed by atoms with Gasteiger partial charge in [0.05, 0.1) is 12.7 Å². The van der Waals surface area contributed by atoms with Crippen molar-refractivity contribution >= 4 is 11.7 Å². The number of rotatable bonds is 4. The number of amides is 1. The van der Waals surface area contributed by atoms with Gasteiger partial charge in [0.15, 0.2) is 5.78 Å². The Hall–Kier alpha value is -2.82. The van der Waals surface area contributed by atoms with Crippen LogP contribution < -0.4 is 4.74 Å². The van der Waals surface area contributed by atoms with Crippen molar-refractivity contribution in [3.05, 3.63) is 59.7 Å². The van der Waals surface area contributed by atoms with E-state index in [1.807, 2.05) is 18.2 Å². The fourth-order valence-corrected chi connectivity index (χ4v) is 3.17. The molecular formula is C20H21NO4. The lowest BCUT2D eigenvalue weighted by Crippen LogP contribution is -2.40. The van der Waals surface area contributed by atoms with Crippen LogP contribution in [0.4, 0.5) is 0 Å². The number of carbonyl (C=O) groups excluding carboxylic acids is 2. The molecule has 25 heavy (non-hydrogen) atoms. The third-order valence-electron chi connectivity index (χ3n) is 4.64. The number of phenols is 1. The number of likely N-dealkylation sites (tertiary alicyclic amines) is 1. The summed E-state index contributed by atoms with van der Waals surface area (Å²) in [5.41, 5.74) is 0.949. The van der Waals surface area contributed by atoms with Gasteiger partial charge in [0.1, 0.15) is 11.5 Å². The van der Waals surface area contributed by atoms with Crippen LogP contribution in [-0.4, -0.2) is 41.9 Å². The Balaban J connectivity index is 1.66. The lowest BCUT2D eigenvalue weighted by Gasteiger charge is -2.31. The van der Waals surface area contributed by atoms with E-state index in [-0.39, 0.29) is 28.9 Å². The molecule has 3 rings (SSSR count). The van der Waals surface area contributed by atoms with Crippen molar-refractivity contribution in [1.29, 1.82) is 0 Å². The van der Waals surface area contributed by atoms with E-state index in [0.29, 0.717) is 37.2 Å². The first kappa shape index (κ1) is 17.0. The van der Waals surface area contributed by atoms with Crippen LogP contribution in [0.2, 0.25) is 0 Å². The molecule has 0 saturated carbocycles. The highest BCUT2D eigenvalue weighted by molar-refractivity contribution is 6.01. The van der Waals surface area contributed by atoms with Crippen LogP contribution in [0.25, 0.3) is 0 Å². The number of benzene rings is 2. The van der Waals surface area contributed by atoms with Crippen molar-refractivity contribution < 1.29 is 19.4 Å². The summed E-state index contributed by atoms with van der Waals surface area (Å²) in [6.07, 6.45) is 1.18. The van der Waals surface area contributed by atoms with Gasteiger partial charge in [-0.1, -0.05) is 18.2 Å². The number of phenolic OH excluding ortho intramolecular Hbond substituents is 1. The Bertz CT molecular complexity index is 765. The predicted octanol–water partition coefficient (Wildman–Crippen LogP) is 3.14. The number of piperidine rings is 1. The lowest BCUT2D eigenvalue weighted by atomic mass is 9.88. The van der Waals surface area contributed by atoms with Gasteiger partial charge in [-0.15, -0.1) is 0 Å². The molecule has 5 heteroatoms. The molecule has 1 saturated heterocycles. The first-order chi connectivity index (χ1) is 12.1. The molecule has 5 nitrogen and oxygen atoms in total. The van der Waals surface area contributed by atoms with Crippen LogP contribution in [0.15, 0.2) is 48.5 Å². The van der Waals surface area contributed by atoms with Crippen molar-refractivity contribution in [2.75, 3.05) is 20.2 Å². The monoisotopic (exact) mass is 339 g/mol. The summed E-state index contributed by atoms with van der Waals surface area (Å²) in [6.45, 7) is 1.07. The van der Waals surface area contributed by atoms with Gasteiger partial charge in [-0.05, 0) is 43.2 Å². The van der Waals surface area contributed by atoms with Crippen LogP contribution in [0.1, 0.15) is 33.6 Å². The first-order valence-electron chi connectivity index (χ1n) is 8.35. The minimum Gasteiger partial charge on any atom is -0.507 e. The van der Waals surface area contributed by atoms with E-state index in [4.69, 9.17) is 4.74 Å². The molecule has 2 aromatic rings. The Morgan fingerprint density at radius 1 is 1.08 bits per heavy atom. The molecule has 0 spiro atoms.